The average Bonchev–Trinajstić information content (AvgIpc) is 2.95. The molecule has 1 N–H and O–H groups in total. The van der Waals surface area contributed by atoms with Gasteiger partial charge in [0.2, 0.25) is 5.91 Å². The third kappa shape index (κ3) is 3.53. The van der Waals surface area contributed by atoms with Gasteiger partial charge in [0.1, 0.15) is 11.6 Å². The number of nitrogens with zero attached hydrogens (tertiary/aromatic N) is 3. The first kappa shape index (κ1) is 16.8. The SMILES string of the molecule is COc1ccc2nc(CN3CCN(C(=O)C(C)(C)C)CC3)[nH]c2c1. The van der Waals surface area contributed by atoms with E-state index in [9.17, 15) is 4.79 Å². The summed E-state index contributed by atoms with van der Waals surface area (Å²) in [7, 11) is 1.66. The summed E-state index contributed by atoms with van der Waals surface area (Å²) in [6, 6.07) is 5.85. The van der Waals surface area contributed by atoms with Gasteiger partial charge < -0.3 is 14.6 Å². The largest absolute Gasteiger partial charge is 0.497 e. The molecule has 6 nitrogen and oxygen atoms in total. The Labute approximate surface area is 142 Å². The van der Waals surface area contributed by atoms with Crippen molar-refractivity contribution in [3.05, 3.63) is 24.0 Å². The van der Waals surface area contributed by atoms with Crippen molar-refractivity contribution >= 4 is 16.9 Å². The van der Waals surface area contributed by atoms with Crippen LogP contribution in [0.1, 0.15) is 26.6 Å². The van der Waals surface area contributed by atoms with Crippen LogP contribution in [0, 0.1) is 5.41 Å². The number of benzene rings is 1. The summed E-state index contributed by atoms with van der Waals surface area (Å²) in [4.78, 5) is 24.7. The van der Waals surface area contributed by atoms with Crippen molar-refractivity contribution in [1.82, 2.24) is 19.8 Å². The molecule has 0 unspecified atom stereocenters. The highest BCUT2D eigenvalue weighted by Crippen LogP contribution is 2.21. The number of rotatable bonds is 3. The van der Waals surface area contributed by atoms with Crippen molar-refractivity contribution in [2.75, 3.05) is 33.3 Å². The maximum absolute atomic E-state index is 12.3. The predicted molar refractivity (Wildman–Crippen MR) is 94.0 cm³/mol. The number of ether oxygens (including phenoxy) is 1. The molecule has 0 aliphatic carbocycles. The van der Waals surface area contributed by atoms with E-state index in [1.807, 2.05) is 43.9 Å². The van der Waals surface area contributed by atoms with Gasteiger partial charge in [0.05, 0.1) is 24.7 Å². The maximum Gasteiger partial charge on any atom is 0.228 e. The number of aromatic amines is 1. The number of H-pyrrole nitrogens is 1. The van der Waals surface area contributed by atoms with Crippen LogP contribution in [-0.2, 0) is 11.3 Å². The zero-order chi connectivity index (χ0) is 17.3. The van der Waals surface area contributed by atoms with Crippen molar-refractivity contribution in [2.24, 2.45) is 5.41 Å². The molecule has 2 aromatic rings. The van der Waals surface area contributed by atoms with Crippen LogP contribution in [0.3, 0.4) is 0 Å². The first-order chi connectivity index (χ1) is 11.4. The lowest BCUT2D eigenvalue weighted by Gasteiger charge is -2.37. The summed E-state index contributed by atoms with van der Waals surface area (Å²) < 4.78 is 5.25. The molecule has 1 aliphatic rings. The van der Waals surface area contributed by atoms with Gasteiger partial charge in [-0.15, -0.1) is 0 Å². The van der Waals surface area contributed by atoms with E-state index in [1.165, 1.54) is 0 Å². The van der Waals surface area contributed by atoms with Crippen molar-refractivity contribution in [3.8, 4) is 5.75 Å². The van der Waals surface area contributed by atoms with Crippen molar-refractivity contribution in [2.45, 2.75) is 27.3 Å². The van der Waals surface area contributed by atoms with Crippen LogP contribution in [0.4, 0.5) is 0 Å². The molecule has 1 saturated heterocycles. The molecule has 6 heteroatoms. The van der Waals surface area contributed by atoms with Gasteiger partial charge in [0.15, 0.2) is 0 Å². The van der Waals surface area contributed by atoms with Crippen molar-refractivity contribution < 1.29 is 9.53 Å². The van der Waals surface area contributed by atoms with E-state index in [4.69, 9.17) is 4.74 Å². The molecule has 0 saturated carbocycles. The highest BCUT2D eigenvalue weighted by molar-refractivity contribution is 5.81. The highest BCUT2D eigenvalue weighted by atomic mass is 16.5. The second kappa shape index (κ2) is 6.43. The molecule has 2 heterocycles. The molecule has 1 aliphatic heterocycles. The summed E-state index contributed by atoms with van der Waals surface area (Å²) in [5, 5.41) is 0. The Kier molecular flexibility index (Phi) is 4.49. The summed E-state index contributed by atoms with van der Waals surface area (Å²) in [5.41, 5.74) is 1.64. The first-order valence-electron chi connectivity index (χ1n) is 8.41. The zero-order valence-corrected chi connectivity index (χ0v) is 14.9. The summed E-state index contributed by atoms with van der Waals surface area (Å²) in [6.07, 6.45) is 0. The van der Waals surface area contributed by atoms with E-state index in [-0.39, 0.29) is 11.3 Å². The van der Waals surface area contributed by atoms with Gasteiger partial charge in [-0.2, -0.15) is 0 Å². The number of nitrogens with one attached hydrogen (secondary N) is 1. The van der Waals surface area contributed by atoms with E-state index >= 15 is 0 Å². The van der Waals surface area contributed by atoms with Crippen LogP contribution >= 0.6 is 0 Å². The molecular formula is C18H26N4O2. The minimum atomic E-state index is -0.306. The number of carbonyl (C=O) groups is 1. The van der Waals surface area contributed by atoms with E-state index < -0.39 is 0 Å². The minimum Gasteiger partial charge on any atom is -0.497 e. The molecule has 0 atom stereocenters. The third-order valence-electron chi connectivity index (χ3n) is 4.41. The quantitative estimate of drug-likeness (QED) is 0.938. The predicted octanol–water partition coefficient (Wildman–Crippen LogP) is 2.26. The van der Waals surface area contributed by atoms with Crippen molar-refractivity contribution in [1.29, 1.82) is 0 Å². The van der Waals surface area contributed by atoms with Gasteiger partial charge in [-0.3, -0.25) is 9.69 Å². The molecule has 1 aromatic carbocycles. The van der Waals surface area contributed by atoms with Gasteiger partial charge in [0.25, 0.3) is 0 Å². The van der Waals surface area contributed by atoms with Crippen LogP contribution < -0.4 is 4.74 Å². The number of hydrogen-bond acceptors (Lipinski definition) is 4. The summed E-state index contributed by atoms with van der Waals surface area (Å²) in [5.74, 6) is 2.01. The number of amides is 1. The lowest BCUT2D eigenvalue weighted by atomic mass is 9.94. The first-order valence-corrected chi connectivity index (χ1v) is 8.41. The lowest BCUT2D eigenvalue weighted by molar-refractivity contribution is -0.141. The summed E-state index contributed by atoms with van der Waals surface area (Å²) >= 11 is 0. The fourth-order valence-electron chi connectivity index (χ4n) is 3.04. The Morgan fingerprint density at radius 3 is 2.58 bits per heavy atom. The Morgan fingerprint density at radius 2 is 1.96 bits per heavy atom. The lowest BCUT2D eigenvalue weighted by Crippen LogP contribution is -2.51. The fourth-order valence-corrected chi connectivity index (χ4v) is 3.04. The standard InChI is InChI=1S/C18H26N4O2/c1-18(2,3)17(23)22-9-7-21(8-10-22)12-16-19-14-6-5-13(24-4)11-15(14)20-16/h5-6,11H,7-10,12H2,1-4H3,(H,19,20). The Morgan fingerprint density at radius 1 is 1.25 bits per heavy atom. The Bertz CT molecular complexity index is 724. The van der Waals surface area contributed by atoms with E-state index in [0.29, 0.717) is 0 Å². The van der Waals surface area contributed by atoms with Gasteiger partial charge in [-0.05, 0) is 12.1 Å². The van der Waals surface area contributed by atoms with Crippen LogP contribution in [-0.4, -0.2) is 59.0 Å². The smallest absolute Gasteiger partial charge is 0.228 e. The third-order valence-corrected chi connectivity index (χ3v) is 4.41. The molecule has 1 fully saturated rings. The fraction of sp³-hybridized carbons (Fsp3) is 0.556. The maximum atomic E-state index is 12.3. The second-order valence-electron chi connectivity index (χ2n) is 7.38. The molecule has 0 radical (unpaired) electrons. The van der Waals surface area contributed by atoms with Gasteiger partial charge >= 0.3 is 0 Å². The number of carbonyl (C=O) groups excluding carboxylic acids is 1. The average molecular weight is 330 g/mol. The summed E-state index contributed by atoms with van der Waals surface area (Å²) in [6.45, 7) is 10.0. The monoisotopic (exact) mass is 330 g/mol. The highest BCUT2D eigenvalue weighted by Gasteiger charge is 2.29. The van der Waals surface area contributed by atoms with E-state index in [0.717, 1.165) is 55.3 Å². The molecular weight excluding hydrogens is 304 g/mol. The second-order valence-corrected chi connectivity index (χ2v) is 7.38. The zero-order valence-electron chi connectivity index (χ0n) is 14.9. The van der Waals surface area contributed by atoms with E-state index in [2.05, 4.69) is 14.9 Å². The van der Waals surface area contributed by atoms with Crippen LogP contribution in [0.25, 0.3) is 11.0 Å². The van der Waals surface area contributed by atoms with Crippen LogP contribution in [0.5, 0.6) is 5.75 Å². The topological polar surface area (TPSA) is 61.5 Å². The molecule has 1 amide bonds. The number of methoxy groups -OCH3 is 1. The number of hydrogen-bond donors (Lipinski definition) is 1. The van der Waals surface area contributed by atoms with Crippen molar-refractivity contribution in [3.63, 3.8) is 0 Å². The van der Waals surface area contributed by atoms with Crippen LogP contribution in [0.2, 0.25) is 0 Å². The minimum absolute atomic E-state index is 0.234. The number of aromatic nitrogens is 2. The van der Waals surface area contributed by atoms with Crippen LogP contribution in [0.15, 0.2) is 18.2 Å². The Balaban J connectivity index is 1.61. The Hall–Kier alpha value is -2.08. The number of imidazole rings is 1. The number of piperazine rings is 1. The normalized spacial score (nSPS) is 16.6. The molecule has 0 bridgehead atoms. The molecule has 0 spiro atoms. The molecule has 1 aromatic heterocycles. The van der Waals surface area contributed by atoms with E-state index in [1.54, 1.807) is 7.11 Å². The molecule has 24 heavy (non-hydrogen) atoms. The van der Waals surface area contributed by atoms with Gasteiger partial charge in [-0.1, -0.05) is 20.8 Å². The van der Waals surface area contributed by atoms with Gasteiger partial charge in [-0.25, -0.2) is 4.98 Å². The molecule has 3 rings (SSSR count). The number of fused-ring (bicyclic) bond motifs is 1. The molecule has 130 valence electrons. The van der Waals surface area contributed by atoms with Gasteiger partial charge in [0, 0.05) is 37.7 Å².